The molecule has 26 heavy (non-hydrogen) atoms. The lowest BCUT2D eigenvalue weighted by atomic mass is 10.1. The van der Waals surface area contributed by atoms with Gasteiger partial charge in [0.25, 0.3) is 11.8 Å². The first-order valence-corrected chi connectivity index (χ1v) is 9.00. The van der Waals surface area contributed by atoms with E-state index in [9.17, 15) is 9.59 Å². The van der Waals surface area contributed by atoms with Gasteiger partial charge in [0.2, 0.25) is 0 Å². The largest absolute Gasteiger partial charge is 0.351 e. The van der Waals surface area contributed by atoms with Crippen LogP contribution in [0.5, 0.6) is 0 Å². The van der Waals surface area contributed by atoms with Crippen LogP contribution in [0, 0.1) is 0 Å². The molecule has 0 radical (unpaired) electrons. The normalized spacial score (nSPS) is 16.5. The highest BCUT2D eigenvalue weighted by Gasteiger charge is 2.35. The molecule has 0 saturated carbocycles. The molecule has 0 aliphatic carbocycles. The van der Waals surface area contributed by atoms with E-state index in [2.05, 4.69) is 19.2 Å². The van der Waals surface area contributed by atoms with Crippen molar-refractivity contribution < 1.29 is 9.59 Å². The average molecular weight is 367 g/mol. The standard InChI is InChI=1S/C20H21N3O2S/c1-4-15-7-5-6-8-17(15)23-19(25)16(18(24)21-20(23)26)11-14-9-10-22(12-14)13(2)3/h5-13H,4H2,1-3H3,(H,21,24,26)/b16-11-. The fraction of sp³-hybridized carbons (Fsp3) is 0.250. The fourth-order valence-electron chi connectivity index (χ4n) is 2.91. The third-order valence-corrected chi connectivity index (χ3v) is 4.64. The van der Waals surface area contributed by atoms with Gasteiger partial charge in [-0.3, -0.25) is 19.8 Å². The zero-order valence-corrected chi connectivity index (χ0v) is 15.8. The quantitative estimate of drug-likeness (QED) is 0.511. The number of hydrogen-bond donors (Lipinski definition) is 1. The lowest BCUT2D eigenvalue weighted by molar-refractivity contribution is -0.122. The van der Waals surface area contributed by atoms with Crippen LogP contribution in [0.1, 0.15) is 37.9 Å². The summed E-state index contributed by atoms with van der Waals surface area (Å²) >= 11 is 5.27. The summed E-state index contributed by atoms with van der Waals surface area (Å²) in [5.41, 5.74) is 2.57. The smallest absolute Gasteiger partial charge is 0.270 e. The Kier molecular flexibility index (Phi) is 5.04. The first kappa shape index (κ1) is 18.1. The maximum Gasteiger partial charge on any atom is 0.270 e. The van der Waals surface area contributed by atoms with Crippen LogP contribution in [0.25, 0.3) is 6.08 Å². The van der Waals surface area contributed by atoms with Crippen LogP contribution in [0.15, 0.2) is 48.3 Å². The summed E-state index contributed by atoms with van der Waals surface area (Å²) in [6.45, 7) is 6.15. The number of hydrogen-bond acceptors (Lipinski definition) is 3. The Bertz CT molecular complexity index is 911. The Morgan fingerprint density at radius 3 is 2.58 bits per heavy atom. The maximum absolute atomic E-state index is 13.1. The Morgan fingerprint density at radius 1 is 1.19 bits per heavy atom. The minimum absolute atomic E-state index is 0.0750. The van der Waals surface area contributed by atoms with Gasteiger partial charge in [0.15, 0.2) is 5.11 Å². The van der Waals surface area contributed by atoms with E-state index in [1.807, 2.05) is 54.2 Å². The Morgan fingerprint density at radius 2 is 1.92 bits per heavy atom. The summed E-state index contributed by atoms with van der Waals surface area (Å²) in [6.07, 6.45) is 6.21. The second kappa shape index (κ2) is 7.25. The number of anilines is 1. The van der Waals surface area contributed by atoms with E-state index in [-0.39, 0.29) is 10.7 Å². The van der Waals surface area contributed by atoms with Crippen LogP contribution in [-0.2, 0) is 16.0 Å². The zero-order chi connectivity index (χ0) is 18.8. The number of benzene rings is 1. The lowest BCUT2D eigenvalue weighted by Gasteiger charge is -2.30. The highest BCUT2D eigenvalue weighted by molar-refractivity contribution is 7.80. The van der Waals surface area contributed by atoms with Gasteiger partial charge in [0.1, 0.15) is 5.57 Å². The molecule has 0 bridgehead atoms. The zero-order valence-electron chi connectivity index (χ0n) is 15.0. The molecule has 0 atom stereocenters. The Labute approximate surface area is 158 Å². The fourth-order valence-corrected chi connectivity index (χ4v) is 3.18. The molecular weight excluding hydrogens is 346 g/mol. The molecule has 1 aliphatic heterocycles. The summed E-state index contributed by atoms with van der Waals surface area (Å²) in [5.74, 6) is -0.875. The van der Waals surface area contributed by atoms with Gasteiger partial charge in [0.05, 0.1) is 5.69 Å². The monoisotopic (exact) mass is 367 g/mol. The molecule has 0 spiro atoms. The average Bonchev–Trinajstić information content (AvgIpc) is 3.08. The number of nitrogens with one attached hydrogen (secondary N) is 1. The Hall–Kier alpha value is -2.73. The first-order chi connectivity index (χ1) is 12.4. The third kappa shape index (κ3) is 3.32. The maximum atomic E-state index is 13.1. The number of nitrogens with zero attached hydrogens (tertiary/aromatic N) is 2. The van der Waals surface area contributed by atoms with Gasteiger partial charge in [-0.15, -0.1) is 0 Å². The third-order valence-electron chi connectivity index (χ3n) is 4.36. The number of carbonyl (C=O) groups excluding carboxylic acids is 2. The SMILES string of the molecule is CCc1ccccc1N1C(=O)/C(=C\c2ccn(C(C)C)c2)C(=O)NC1=S. The molecule has 1 aromatic heterocycles. The van der Waals surface area contributed by atoms with Crippen molar-refractivity contribution in [1.82, 2.24) is 9.88 Å². The van der Waals surface area contributed by atoms with E-state index in [1.54, 1.807) is 6.08 Å². The Balaban J connectivity index is 2.01. The van der Waals surface area contributed by atoms with Gasteiger partial charge in [0, 0.05) is 18.4 Å². The predicted octanol–water partition coefficient (Wildman–Crippen LogP) is 3.46. The molecule has 3 rings (SSSR count). The minimum Gasteiger partial charge on any atom is -0.351 e. The predicted molar refractivity (Wildman–Crippen MR) is 107 cm³/mol. The van der Waals surface area contributed by atoms with Crippen LogP contribution >= 0.6 is 12.2 Å². The molecule has 2 heterocycles. The number of carbonyl (C=O) groups is 2. The van der Waals surface area contributed by atoms with Crippen molar-refractivity contribution in [2.24, 2.45) is 0 Å². The van der Waals surface area contributed by atoms with Crippen LogP contribution in [0.3, 0.4) is 0 Å². The van der Waals surface area contributed by atoms with Crippen molar-refractivity contribution in [3.8, 4) is 0 Å². The van der Waals surface area contributed by atoms with Crippen molar-refractivity contribution in [3.05, 3.63) is 59.4 Å². The molecular formula is C20H21N3O2S. The van der Waals surface area contributed by atoms with Gasteiger partial charge in [-0.1, -0.05) is 25.1 Å². The molecule has 2 aromatic rings. The summed E-state index contributed by atoms with van der Waals surface area (Å²) < 4.78 is 2.02. The van der Waals surface area contributed by atoms with Crippen molar-refractivity contribution in [2.75, 3.05) is 4.90 Å². The van der Waals surface area contributed by atoms with Gasteiger partial charge in [-0.05, 0) is 61.8 Å². The number of para-hydroxylation sites is 1. The molecule has 5 nitrogen and oxygen atoms in total. The molecule has 1 N–H and O–H groups in total. The van der Waals surface area contributed by atoms with Crippen LogP contribution < -0.4 is 10.2 Å². The summed E-state index contributed by atoms with van der Waals surface area (Å²) in [6, 6.07) is 9.75. The van der Waals surface area contributed by atoms with Gasteiger partial charge < -0.3 is 4.57 Å². The van der Waals surface area contributed by atoms with E-state index in [0.717, 1.165) is 17.5 Å². The van der Waals surface area contributed by atoms with E-state index < -0.39 is 11.8 Å². The number of aryl methyl sites for hydroxylation is 1. The number of thiocarbonyl (C=S) groups is 1. The summed E-state index contributed by atoms with van der Waals surface area (Å²) in [4.78, 5) is 26.8. The van der Waals surface area contributed by atoms with Crippen LogP contribution in [0.4, 0.5) is 5.69 Å². The molecule has 1 fully saturated rings. The van der Waals surface area contributed by atoms with Crippen molar-refractivity contribution in [1.29, 1.82) is 0 Å². The van der Waals surface area contributed by atoms with Gasteiger partial charge in [-0.25, -0.2) is 0 Å². The minimum atomic E-state index is -0.470. The molecule has 1 aromatic carbocycles. The topological polar surface area (TPSA) is 54.3 Å². The molecule has 1 aliphatic rings. The highest BCUT2D eigenvalue weighted by Crippen LogP contribution is 2.26. The number of rotatable bonds is 4. The molecule has 0 unspecified atom stereocenters. The molecule has 6 heteroatoms. The van der Waals surface area contributed by atoms with Crippen LogP contribution in [0.2, 0.25) is 0 Å². The van der Waals surface area contributed by atoms with Gasteiger partial charge in [-0.2, -0.15) is 0 Å². The van der Waals surface area contributed by atoms with Crippen molar-refractivity contribution in [2.45, 2.75) is 33.2 Å². The van der Waals surface area contributed by atoms with Crippen molar-refractivity contribution in [3.63, 3.8) is 0 Å². The summed E-state index contributed by atoms with van der Waals surface area (Å²) in [7, 11) is 0. The second-order valence-electron chi connectivity index (χ2n) is 6.43. The van der Waals surface area contributed by atoms with Crippen molar-refractivity contribution >= 4 is 40.9 Å². The summed E-state index contributed by atoms with van der Waals surface area (Å²) in [5, 5.41) is 2.74. The van der Waals surface area contributed by atoms with E-state index in [1.165, 1.54) is 4.90 Å². The molecule has 134 valence electrons. The number of aromatic nitrogens is 1. The molecule has 2 amide bonds. The lowest BCUT2D eigenvalue weighted by Crippen LogP contribution is -2.54. The van der Waals surface area contributed by atoms with E-state index in [0.29, 0.717) is 11.7 Å². The van der Waals surface area contributed by atoms with E-state index >= 15 is 0 Å². The molecule has 1 saturated heterocycles. The van der Waals surface area contributed by atoms with Crippen LogP contribution in [-0.4, -0.2) is 21.5 Å². The highest BCUT2D eigenvalue weighted by atomic mass is 32.1. The second-order valence-corrected chi connectivity index (χ2v) is 6.81. The van der Waals surface area contributed by atoms with E-state index in [4.69, 9.17) is 12.2 Å². The van der Waals surface area contributed by atoms with Gasteiger partial charge >= 0.3 is 0 Å². The number of amides is 2. The first-order valence-electron chi connectivity index (χ1n) is 8.59.